The maximum absolute atomic E-state index is 13.2. The number of nitrogens with one attached hydrogen (secondary N) is 1. The summed E-state index contributed by atoms with van der Waals surface area (Å²) in [7, 11) is 1.52. The Labute approximate surface area is 142 Å². The Morgan fingerprint density at radius 2 is 1.96 bits per heavy atom. The Morgan fingerprint density at radius 1 is 1.25 bits per heavy atom. The van der Waals surface area contributed by atoms with E-state index in [9.17, 15) is 9.90 Å². The fraction of sp³-hybridized carbons (Fsp3) is 0.588. The number of carbonyl (C=O) groups is 1. The van der Waals surface area contributed by atoms with Gasteiger partial charge in [-0.15, -0.1) is 0 Å². The first-order valence-corrected chi connectivity index (χ1v) is 8.39. The van der Waals surface area contributed by atoms with Crippen molar-refractivity contribution in [2.45, 2.75) is 6.04 Å². The van der Waals surface area contributed by atoms with Crippen LogP contribution in [-0.2, 0) is 9.53 Å². The van der Waals surface area contributed by atoms with Crippen LogP contribution in [0.15, 0.2) is 18.2 Å². The molecule has 2 aliphatic rings. The van der Waals surface area contributed by atoms with Gasteiger partial charge in [0.2, 0.25) is 5.91 Å². The molecule has 7 heteroatoms. The van der Waals surface area contributed by atoms with E-state index < -0.39 is 0 Å². The average Bonchev–Trinajstić information content (AvgIpc) is 2.65. The largest absolute Gasteiger partial charge is 0.504 e. The number of aromatic hydroxyl groups is 1. The highest BCUT2D eigenvalue weighted by Crippen LogP contribution is 2.32. The predicted molar refractivity (Wildman–Crippen MR) is 89.2 cm³/mol. The number of morpholine rings is 1. The SMILES string of the molecule is COc1cc(C(C(=O)N2CCOCC2)N2CCNCC2)ccc1O. The topological polar surface area (TPSA) is 74.3 Å². The minimum absolute atomic E-state index is 0.0825. The molecule has 1 unspecified atom stereocenters. The maximum Gasteiger partial charge on any atom is 0.244 e. The average molecular weight is 335 g/mol. The highest BCUT2D eigenvalue weighted by Gasteiger charge is 2.33. The molecule has 0 aromatic heterocycles. The lowest BCUT2D eigenvalue weighted by Crippen LogP contribution is -2.52. The third kappa shape index (κ3) is 3.63. The predicted octanol–water partition coefficient (Wildman–Crippen LogP) is 0.206. The van der Waals surface area contributed by atoms with Crippen molar-refractivity contribution in [2.24, 2.45) is 0 Å². The number of amides is 1. The lowest BCUT2D eigenvalue weighted by Gasteiger charge is -2.38. The Balaban J connectivity index is 1.90. The molecule has 2 N–H and O–H groups in total. The maximum atomic E-state index is 13.2. The third-order valence-corrected chi connectivity index (χ3v) is 4.59. The first-order chi connectivity index (χ1) is 11.7. The van der Waals surface area contributed by atoms with Crippen molar-refractivity contribution in [1.29, 1.82) is 0 Å². The number of nitrogens with zero attached hydrogens (tertiary/aromatic N) is 2. The molecule has 1 aromatic rings. The smallest absolute Gasteiger partial charge is 0.244 e. The lowest BCUT2D eigenvalue weighted by atomic mass is 10.0. The monoisotopic (exact) mass is 335 g/mol. The number of hydrogen-bond acceptors (Lipinski definition) is 6. The molecule has 2 saturated heterocycles. The molecule has 0 aliphatic carbocycles. The van der Waals surface area contributed by atoms with Crippen LogP contribution in [0.1, 0.15) is 11.6 Å². The Kier molecular flexibility index (Phi) is 5.55. The molecule has 132 valence electrons. The van der Waals surface area contributed by atoms with Crippen LogP contribution in [0.25, 0.3) is 0 Å². The highest BCUT2D eigenvalue weighted by atomic mass is 16.5. The molecule has 24 heavy (non-hydrogen) atoms. The number of benzene rings is 1. The van der Waals surface area contributed by atoms with E-state index in [-0.39, 0.29) is 17.7 Å². The van der Waals surface area contributed by atoms with Gasteiger partial charge in [-0.1, -0.05) is 6.07 Å². The van der Waals surface area contributed by atoms with Crippen LogP contribution in [0.4, 0.5) is 0 Å². The summed E-state index contributed by atoms with van der Waals surface area (Å²) in [4.78, 5) is 17.3. The second-order valence-corrected chi connectivity index (χ2v) is 6.06. The Morgan fingerprint density at radius 3 is 2.62 bits per heavy atom. The van der Waals surface area contributed by atoms with Crippen molar-refractivity contribution >= 4 is 5.91 Å². The van der Waals surface area contributed by atoms with Gasteiger partial charge in [-0.05, 0) is 17.7 Å². The molecule has 0 radical (unpaired) electrons. The van der Waals surface area contributed by atoms with Crippen LogP contribution in [0.5, 0.6) is 11.5 Å². The number of rotatable bonds is 4. The summed E-state index contributed by atoms with van der Waals surface area (Å²) in [6.45, 7) is 5.75. The van der Waals surface area contributed by atoms with Gasteiger partial charge in [-0.3, -0.25) is 9.69 Å². The molecule has 1 amide bonds. The summed E-state index contributed by atoms with van der Waals surface area (Å²) in [5.74, 6) is 0.564. The third-order valence-electron chi connectivity index (χ3n) is 4.59. The first kappa shape index (κ1) is 17.0. The Hall–Kier alpha value is -1.83. The zero-order valence-electron chi connectivity index (χ0n) is 14.0. The molecule has 0 bridgehead atoms. The molecule has 1 aromatic carbocycles. The molecule has 2 fully saturated rings. The zero-order valence-corrected chi connectivity index (χ0v) is 14.0. The van der Waals surface area contributed by atoms with Gasteiger partial charge < -0.3 is 24.8 Å². The van der Waals surface area contributed by atoms with Crippen LogP contribution in [0.3, 0.4) is 0 Å². The van der Waals surface area contributed by atoms with E-state index in [1.54, 1.807) is 12.1 Å². The van der Waals surface area contributed by atoms with E-state index in [1.807, 2.05) is 11.0 Å². The number of methoxy groups -OCH3 is 1. The number of phenols is 1. The van der Waals surface area contributed by atoms with Gasteiger partial charge in [0.25, 0.3) is 0 Å². The quantitative estimate of drug-likeness (QED) is 0.819. The second kappa shape index (κ2) is 7.83. The standard InChI is InChI=1S/C17H25N3O4/c1-23-15-12-13(2-3-14(15)21)16(19-6-4-18-5-7-19)17(22)20-8-10-24-11-9-20/h2-3,12,16,18,21H,4-11H2,1H3. The summed E-state index contributed by atoms with van der Waals surface area (Å²) < 4.78 is 10.6. The van der Waals surface area contributed by atoms with Gasteiger partial charge in [-0.25, -0.2) is 0 Å². The van der Waals surface area contributed by atoms with Crippen molar-refractivity contribution in [3.8, 4) is 11.5 Å². The van der Waals surface area contributed by atoms with Crippen LogP contribution in [0.2, 0.25) is 0 Å². The van der Waals surface area contributed by atoms with E-state index in [1.165, 1.54) is 7.11 Å². The molecule has 7 nitrogen and oxygen atoms in total. The molecule has 1 atom stereocenters. The van der Waals surface area contributed by atoms with E-state index in [0.717, 1.165) is 31.7 Å². The number of phenolic OH excluding ortho intramolecular Hbond substituents is 1. The molecule has 0 saturated carbocycles. The summed E-state index contributed by atoms with van der Waals surface area (Å²) in [5, 5.41) is 13.2. The molecular formula is C17H25N3O4. The second-order valence-electron chi connectivity index (χ2n) is 6.06. The summed E-state index contributed by atoms with van der Waals surface area (Å²) in [6, 6.07) is 4.80. The number of ether oxygens (including phenoxy) is 2. The van der Waals surface area contributed by atoms with E-state index in [2.05, 4.69) is 10.2 Å². The van der Waals surface area contributed by atoms with Crippen molar-refractivity contribution < 1.29 is 19.4 Å². The molecular weight excluding hydrogens is 310 g/mol. The van der Waals surface area contributed by atoms with E-state index in [0.29, 0.717) is 32.1 Å². The van der Waals surface area contributed by atoms with Crippen LogP contribution in [0, 0.1) is 0 Å². The van der Waals surface area contributed by atoms with Crippen LogP contribution >= 0.6 is 0 Å². The van der Waals surface area contributed by atoms with Gasteiger partial charge in [0, 0.05) is 39.3 Å². The summed E-state index contributed by atoms with van der Waals surface area (Å²) >= 11 is 0. The van der Waals surface area contributed by atoms with E-state index in [4.69, 9.17) is 9.47 Å². The normalized spacial score (nSPS) is 20.6. The summed E-state index contributed by atoms with van der Waals surface area (Å²) in [6.07, 6.45) is 0. The van der Waals surface area contributed by atoms with Gasteiger partial charge in [-0.2, -0.15) is 0 Å². The van der Waals surface area contributed by atoms with Crippen molar-refractivity contribution in [3.05, 3.63) is 23.8 Å². The van der Waals surface area contributed by atoms with Crippen molar-refractivity contribution in [1.82, 2.24) is 15.1 Å². The zero-order chi connectivity index (χ0) is 16.9. The fourth-order valence-electron chi connectivity index (χ4n) is 3.27. The van der Waals surface area contributed by atoms with Crippen LogP contribution < -0.4 is 10.1 Å². The molecule has 2 aliphatic heterocycles. The van der Waals surface area contributed by atoms with Gasteiger partial charge in [0.15, 0.2) is 11.5 Å². The number of hydrogen-bond donors (Lipinski definition) is 2. The molecule has 3 rings (SSSR count). The number of carbonyl (C=O) groups excluding carboxylic acids is 1. The van der Waals surface area contributed by atoms with Gasteiger partial charge in [0.05, 0.1) is 20.3 Å². The van der Waals surface area contributed by atoms with Crippen LogP contribution in [-0.4, -0.2) is 80.4 Å². The molecule has 2 heterocycles. The minimum Gasteiger partial charge on any atom is -0.504 e. The van der Waals surface area contributed by atoms with E-state index >= 15 is 0 Å². The summed E-state index contributed by atoms with van der Waals surface area (Å²) in [5.41, 5.74) is 0.850. The minimum atomic E-state index is -0.361. The van der Waals surface area contributed by atoms with Gasteiger partial charge in [0.1, 0.15) is 6.04 Å². The highest BCUT2D eigenvalue weighted by molar-refractivity contribution is 5.83. The lowest BCUT2D eigenvalue weighted by molar-refractivity contribution is -0.141. The number of piperazine rings is 1. The van der Waals surface area contributed by atoms with Gasteiger partial charge >= 0.3 is 0 Å². The Bertz CT molecular complexity index is 569. The van der Waals surface area contributed by atoms with Crippen molar-refractivity contribution in [3.63, 3.8) is 0 Å². The molecule has 0 spiro atoms. The first-order valence-electron chi connectivity index (χ1n) is 8.39. The van der Waals surface area contributed by atoms with Crippen molar-refractivity contribution in [2.75, 3.05) is 59.6 Å². The fourth-order valence-corrected chi connectivity index (χ4v) is 3.27.